The standard InChI is InChI=1S/C20H23N3O3/c24-19(18-10-5-11-26-18)23-17-9-4-8-16(12-17)14-22-20(25)21-13-15-6-2-1-3-7-15/h1-4,6-9,12,18H,5,10-11,13-14H2,(H,23,24)(H2,21,22,25)/t18-/m1/s1. The highest BCUT2D eigenvalue weighted by Crippen LogP contribution is 2.16. The number of urea groups is 1. The molecular formula is C20H23N3O3. The van der Waals surface area contributed by atoms with Crippen molar-refractivity contribution < 1.29 is 14.3 Å². The number of carbonyl (C=O) groups excluding carboxylic acids is 2. The number of amides is 3. The molecule has 0 saturated carbocycles. The zero-order valence-corrected chi connectivity index (χ0v) is 14.5. The Morgan fingerprint density at radius 3 is 2.42 bits per heavy atom. The number of benzene rings is 2. The van der Waals surface area contributed by atoms with Crippen molar-refractivity contribution in [2.45, 2.75) is 32.0 Å². The first-order valence-corrected chi connectivity index (χ1v) is 8.78. The molecule has 2 aromatic carbocycles. The topological polar surface area (TPSA) is 79.5 Å². The first kappa shape index (κ1) is 17.9. The maximum atomic E-state index is 12.1. The number of ether oxygens (including phenoxy) is 1. The van der Waals surface area contributed by atoms with Crippen molar-refractivity contribution in [3.63, 3.8) is 0 Å². The Balaban J connectivity index is 1.45. The lowest BCUT2D eigenvalue weighted by atomic mass is 10.2. The molecule has 3 rings (SSSR count). The molecule has 3 N–H and O–H groups in total. The smallest absolute Gasteiger partial charge is 0.315 e. The average Bonchev–Trinajstić information content (AvgIpc) is 3.21. The predicted octanol–water partition coefficient (Wildman–Crippen LogP) is 2.80. The summed E-state index contributed by atoms with van der Waals surface area (Å²) >= 11 is 0. The zero-order valence-electron chi connectivity index (χ0n) is 14.5. The van der Waals surface area contributed by atoms with E-state index in [-0.39, 0.29) is 18.0 Å². The van der Waals surface area contributed by atoms with E-state index >= 15 is 0 Å². The van der Waals surface area contributed by atoms with E-state index in [0.29, 0.717) is 25.4 Å². The van der Waals surface area contributed by atoms with Gasteiger partial charge >= 0.3 is 6.03 Å². The molecule has 0 bridgehead atoms. The molecule has 0 unspecified atom stereocenters. The number of hydrogen-bond donors (Lipinski definition) is 3. The summed E-state index contributed by atoms with van der Waals surface area (Å²) in [5.74, 6) is -0.117. The lowest BCUT2D eigenvalue weighted by Crippen LogP contribution is -2.34. The van der Waals surface area contributed by atoms with Crippen LogP contribution >= 0.6 is 0 Å². The van der Waals surface area contributed by atoms with E-state index in [1.807, 2.05) is 54.6 Å². The van der Waals surface area contributed by atoms with E-state index in [0.717, 1.165) is 24.0 Å². The van der Waals surface area contributed by atoms with Crippen LogP contribution in [0.5, 0.6) is 0 Å². The molecule has 1 fully saturated rings. The lowest BCUT2D eigenvalue weighted by molar-refractivity contribution is -0.124. The average molecular weight is 353 g/mol. The van der Waals surface area contributed by atoms with Gasteiger partial charge < -0.3 is 20.7 Å². The fraction of sp³-hybridized carbons (Fsp3) is 0.300. The second kappa shape index (κ2) is 9.01. The summed E-state index contributed by atoms with van der Waals surface area (Å²) < 4.78 is 5.38. The van der Waals surface area contributed by atoms with Crippen molar-refractivity contribution in [1.29, 1.82) is 0 Å². The second-order valence-corrected chi connectivity index (χ2v) is 6.21. The molecule has 1 atom stereocenters. The quantitative estimate of drug-likeness (QED) is 0.747. The molecule has 2 aromatic rings. The minimum atomic E-state index is -0.361. The minimum Gasteiger partial charge on any atom is -0.368 e. The van der Waals surface area contributed by atoms with Gasteiger partial charge in [0.2, 0.25) is 0 Å². The van der Waals surface area contributed by atoms with Crippen molar-refractivity contribution in [3.05, 3.63) is 65.7 Å². The first-order chi connectivity index (χ1) is 12.7. The van der Waals surface area contributed by atoms with Gasteiger partial charge in [0.25, 0.3) is 5.91 Å². The van der Waals surface area contributed by atoms with Gasteiger partial charge in [0.15, 0.2) is 0 Å². The van der Waals surface area contributed by atoms with E-state index in [1.165, 1.54) is 0 Å². The van der Waals surface area contributed by atoms with Crippen molar-refractivity contribution in [1.82, 2.24) is 10.6 Å². The zero-order chi connectivity index (χ0) is 18.2. The van der Waals surface area contributed by atoms with Crippen LogP contribution in [0, 0.1) is 0 Å². The molecule has 26 heavy (non-hydrogen) atoms. The highest BCUT2D eigenvalue weighted by atomic mass is 16.5. The Morgan fingerprint density at radius 2 is 1.69 bits per heavy atom. The van der Waals surface area contributed by atoms with Crippen LogP contribution in [0.4, 0.5) is 10.5 Å². The van der Waals surface area contributed by atoms with Crippen LogP contribution in [-0.4, -0.2) is 24.6 Å². The summed E-state index contributed by atoms with van der Waals surface area (Å²) in [5, 5.41) is 8.50. The van der Waals surface area contributed by atoms with Crippen LogP contribution in [0.15, 0.2) is 54.6 Å². The Kier molecular flexibility index (Phi) is 6.22. The van der Waals surface area contributed by atoms with E-state index < -0.39 is 0 Å². The maximum Gasteiger partial charge on any atom is 0.315 e. The Labute approximate surface area is 152 Å². The summed E-state index contributed by atoms with van der Waals surface area (Å²) in [5.41, 5.74) is 2.65. The van der Waals surface area contributed by atoms with Gasteiger partial charge in [-0.05, 0) is 36.1 Å². The molecule has 136 valence electrons. The molecule has 1 saturated heterocycles. The number of nitrogens with one attached hydrogen (secondary N) is 3. The van der Waals surface area contributed by atoms with Gasteiger partial charge in [0.05, 0.1) is 0 Å². The van der Waals surface area contributed by atoms with Gasteiger partial charge in [-0.15, -0.1) is 0 Å². The van der Waals surface area contributed by atoms with E-state index in [9.17, 15) is 9.59 Å². The number of anilines is 1. The van der Waals surface area contributed by atoms with Crippen molar-refractivity contribution in [3.8, 4) is 0 Å². The summed E-state index contributed by atoms with van der Waals surface area (Å²) in [7, 11) is 0. The van der Waals surface area contributed by atoms with E-state index in [2.05, 4.69) is 16.0 Å². The van der Waals surface area contributed by atoms with Gasteiger partial charge in [0.1, 0.15) is 6.10 Å². The van der Waals surface area contributed by atoms with Gasteiger partial charge in [-0.25, -0.2) is 4.79 Å². The van der Waals surface area contributed by atoms with Gasteiger partial charge in [0, 0.05) is 25.4 Å². The van der Waals surface area contributed by atoms with Gasteiger partial charge in [-0.1, -0.05) is 42.5 Å². The van der Waals surface area contributed by atoms with Crippen LogP contribution in [0.3, 0.4) is 0 Å². The van der Waals surface area contributed by atoms with Crippen LogP contribution in [-0.2, 0) is 22.6 Å². The molecule has 1 heterocycles. The monoisotopic (exact) mass is 353 g/mol. The third-order valence-electron chi connectivity index (χ3n) is 4.17. The van der Waals surface area contributed by atoms with Gasteiger partial charge in [-0.3, -0.25) is 4.79 Å². The van der Waals surface area contributed by atoms with Crippen molar-refractivity contribution >= 4 is 17.6 Å². The number of carbonyl (C=O) groups is 2. The second-order valence-electron chi connectivity index (χ2n) is 6.21. The summed E-state index contributed by atoms with van der Waals surface area (Å²) in [4.78, 5) is 24.0. The lowest BCUT2D eigenvalue weighted by Gasteiger charge is -2.12. The Hall–Kier alpha value is -2.86. The molecule has 0 aliphatic carbocycles. The molecule has 0 spiro atoms. The van der Waals surface area contributed by atoms with Crippen LogP contribution in [0.25, 0.3) is 0 Å². The minimum absolute atomic E-state index is 0.117. The fourth-order valence-electron chi connectivity index (χ4n) is 2.79. The maximum absolute atomic E-state index is 12.1. The molecule has 1 aliphatic heterocycles. The van der Waals surface area contributed by atoms with Crippen molar-refractivity contribution in [2.24, 2.45) is 0 Å². The highest BCUT2D eigenvalue weighted by Gasteiger charge is 2.23. The molecule has 1 aliphatic rings. The molecule has 3 amide bonds. The number of rotatable bonds is 6. The SMILES string of the molecule is O=C(NCc1ccccc1)NCc1cccc(NC(=O)[C@H]2CCCO2)c1. The van der Waals surface area contributed by atoms with Crippen molar-refractivity contribution in [2.75, 3.05) is 11.9 Å². The van der Waals surface area contributed by atoms with Crippen LogP contribution < -0.4 is 16.0 Å². The van der Waals surface area contributed by atoms with Crippen LogP contribution in [0.1, 0.15) is 24.0 Å². The molecule has 0 radical (unpaired) electrons. The van der Waals surface area contributed by atoms with Crippen LogP contribution in [0.2, 0.25) is 0 Å². The Bertz CT molecular complexity index is 743. The molecular weight excluding hydrogens is 330 g/mol. The normalized spacial score (nSPS) is 16.1. The third-order valence-corrected chi connectivity index (χ3v) is 4.17. The fourth-order valence-corrected chi connectivity index (χ4v) is 2.79. The Morgan fingerprint density at radius 1 is 0.962 bits per heavy atom. The molecule has 0 aromatic heterocycles. The van der Waals surface area contributed by atoms with E-state index in [1.54, 1.807) is 0 Å². The summed E-state index contributed by atoms with van der Waals surface area (Å²) in [6.45, 7) is 1.49. The summed E-state index contributed by atoms with van der Waals surface area (Å²) in [6, 6.07) is 16.9. The predicted molar refractivity (Wildman–Crippen MR) is 99.6 cm³/mol. The third kappa shape index (κ3) is 5.32. The number of hydrogen-bond acceptors (Lipinski definition) is 3. The highest BCUT2D eigenvalue weighted by molar-refractivity contribution is 5.94. The van der Waals surface area contributed by atoms with E-state index in [4.69, 9.17) is 4.74 Å². The first-order valence-electron chi connectivity index (χ1n) is 8.78. The molecule has 6 heteroatoms. The summed E-state index contributed by atoms with van der Waals surface area (Å²) in [6.07, 6.45) is 1.31. The largest absolute Gasteiger partial charge is 0.368 e. The molecule has 6 nitrogen and oxygen atoms in total. The van der Waals surface area contributed by atoms with Gasteiger partial charge in [-0.2, -0.15) is 0 Å².